The Morgan fingerprint density at radius 2 is 1.57 bits per heavy atom. The van der Waals surface area contributed by atoms with Crippen LogP contribution in [0.4, 0.5) is 22.0 Å². The smallest absolute Gasteiger partial charge is 0.324 e. The first-order valence-corrected chi connectivity index (χ1v) is 9.53. The largest absolute Gasteiger partial charge is 0.359 e. The molecule has 0 fully saturated rings. The highest BCUT2D eigenvalue weighted by molar-refractivity contribution is 6.34. The third-order valence-corrected chi connectivity index (χ3v) is 4.32. The molecule has 0 bridgehead atoms. The fourth-order valence-corrected chi connectivity index (χ4v) is 2.64. The zero-order valence-corrected chi connectivity index (χ0v) is 17.8. The van der Waals surface area contributed by atoms with Crippen LogP contribution in [-0.4, -0.2) is 27.3 Å². The van der Waals surface area contributed by atoms with E-state index in [0.717, 1.165) is 0 Å². The molecule has 0 aliphatic carbocycles. The summed E-state index contributed by atoms with van der Waals surface area (Å²) in [5, 5.41) is 18.9. The molecule has 9 nitrogen and oxygen atoms in total. The lowest BCUT2D eigenvalue weighted by Crippen LogP contribution is -2.19. The Bertz CT molecular complexity index is 1080. The van der Waals surface area contributed by atoms with Gasteiger partial charge in [-0.2, -0.15) is 0 Å². The maximum absolute atomic E-state index is 12.3. The summed E-state index contributed by atoms with van der Waals surface area (Å²) in [7, 11) is 0. The molecule has 0 radical (unpaired) electrons. The molecule has 2 aromatic heterocycles. The summed E-state index contributed by atoms with van der Waals surface area (Å²) < 4.78 is 5.23. The topological polar surface area (TPSA) is 122 Å². The number of hydrogen-bond acceptors (Lipinski definition) is 6. The number of benzene rings is 1. The quantitative estimate of drug-likeness (QED) is 0.517. The van der Waals surface area contributed by atoms with Gasteiger partial charge < -0.3 is 15.2 Å². The van der Waals surface area contributed by atoms with Gasteiger partial charge in [0.25, 0.3) is 5.91 Å². The Labute approximate surface area is 182 Å². The van der Waals surface area contributed by atoms with Crippen molar-refractivity contribution in [3.63, 3.8) is 0 Å². The highest BCUT2D eigenvalue weighted by Gasteiger charge is 2.20. The van der Waals surface area contributed by atoms with Crippen molar-refractivity contribution < 1.29 is 14.1 Å². The van der Waals surface area contributed by atoms with E-state index >= 15 is 0 Å². The standard InChI is InChI=1S/C19H18Cl2N6O3/c1-19(2,3)13-9-15(27-30-13)24-18(29)23-11-6-4-10(5-7-11)22-17(28)12-8-14(20)25-26-16(12)21/h4-9H,1-3H3,(H,22,28)(H2,23,24,27,29). The van der Waals surface area contributed by atoms with E-state index in [2.05, 4.69) is 31.3 Å². The van der Waals surface area contributed by atoms with Crippen LogP contribution in [0.2, 0.25) is 10.3 Å². The average Bonchev–Trinajstić information content (AvgIpc) is 3.14. The van der Waals surface area contributed by atoms with Gasteiger partial charge in [0.1, 0.15) is 5.76 Å². The summed E-state index contributed by atoms with van der Waals surface area (Å²) >= 11 is 11.6. The first-order chi connectivity index (χ1) is 14.1. The van der Waals surface area contributed by atoms with E-state index < -0.39 is 11.9 Å². The number of nitrogens with one attached hydrogen (secondary N) is 3. The fraction of sp³-hybridized carbons (Fsp3) is 0.211. The first-order valence-electron chi connectivity index (χ1n) is 8.77. The molecule has 3 rings (SSSR count). The Kier molecular flexibility index (Phi) is 6.23. The molecule has 3 N–H and O–H groups in total. The van der Waals surface area contributed by atoms with Crippen molar-refractivity contribution in [3.05, 3.63) is 58.0 Å². The second-order valence-electron chi connectivity index (χ2n) is 7.31. The number of amides is 3. The van der Waals surface area contributed by atoms with Crippen LogP contribution in [0.15, 0.2) is 40.9 Å². The van der Waals surface area contributed by atoms with Crippen molar-refractivity contribution in [2.24, 2.45) is 0 Å². The van der Waals surface area contributed by atoms with E-state index in [-0.39, 0.29) is 21.3 Å². The van der Waals surface area contributed by atoms with Crippen molar-refractivity contribution in [2.75, 3.05) is 16.0 Å². The lowest BCUT2D eigenvalue weighted by atomic mass is 9.93. The van der Waals surface area contributed by atoms with E-state index in [1.807, 2.05) is 20.8 Å². The van der Waals surface area contributed by atoms with Gasteiger partial charge in [-0.3, -0.25) is 10.1 Å². The first kappa shape index (κ1) is 21.5. The Morgan fingerprint density at radius 3 is 2.17 bits per heavy atom. The molecular weight excluding hydrogens is 431 g/mol. The van der Waals surface area contributed by atoms with Crippen LogP contribution in [-0.2, 0) is 5.41 Å². The monoisotopic (exact) mass is 448 g/mol. The Balaban J connectivity index is 1.59. The van der Waals surface area contributed by atoms with Crippen LogP contribution in [0.5, 0.6) is 0 Å². The molecule has 3 aromatic rings. The van der Waals surface area contributed by atoms with Crippen molar-refractivity contribution in [1.82, 2.24) is 15.4 Å². The lowest BCUT2D eigenvalue weighted by Gasteiger charge is -2.12. The van der Waals surface area contributed by atoms with Crippen molar-refractivity contribution in [1.29, 1.82) is 0 Å². The maximum Gasteiger partial charge on any atom is 0.324 e. The molecule has 0 saturated heterocycles. The molecule has 0 spiro atoms. The van der Waals surface area contributed by atoms with Crippen LogP contribution in [0.25, 0.3) is 0 Å². The molecule has 30 heavy (non-hydrogen) atoms. The zero-order valence-electron chi connectivity index (χ0n) is 16.3. The van der Waals surface area contributed by atoms with Gasteiger partial charge in [0.2, 0.25) is 0 Å². The summed E-state index contributed by atoms with van der Waals surface area (Å²) in [5.41, 5.74) is 0.879. The van der Waals surface area contributed by atoms with E-state index in [1.54, 1.807) is 30.3 Å². The van der Waals surface area contributed by atoms with Crippen LogP contribution in [0.1, 0.15) is 36.9 Å². The number of halogens is 2. The summed E-state index contributed by atoms with van der Waals surface area (Å²) in [6, 6.07) is 8.99. The molecule has 156 valence electrons. The van der Waals surface area contributed by atoms with Gasteiger partial charge in [-0.25, -0.2) is 4.79 Å². The minimum atomic E-state index is -0.490. The molecule has 0 unspecified atom stereocenters. The number of carbonyl (C=O) groups is 2. The summed E-state index contributed by atoms with van der Waals surface area (Å²) in [5.74, 6) is 0.474. The molecule has 2 heterocycles. The Hall–Kier alpha value is -3.17. The second-order valence-corrected chi connectivity index (χ2v) is 8.05. The molecule has 0 aliphatic rings. The van der Waals surface area contributed by atoms with Gasteiger partial charge >= 0.3 is 6.03 Å². The third-order valence-electron chi connectivity index (χ3n) is 3.86. The fourth-order valence-electron chi connectivity index (χ4n) is 2.31. The predicted octanol–water partition coefficient (Wildman–Crippen LogP) is 4.97. The number of anilines is 3. The molecule has 0 saturated carbocycles. The number of rotatable bonds is 4. The second kappa shape index (κ2) is 8.68. The third kappa shape index (κ3) is 5.46. The summed E-state index contributed by atoms with van der Waals surface area (Å²) in [6.07, 6.45) is 0. The van der Waals surface area contributed by atoms with Crippen LogP contribution in [0, 0.1) is 0 Å². The van der Waals surface area contributed by atoms with Gasteiger partial charge in [-0.05, 0) is 30.3 Å². The zero-order chi connectivity index (χ0) is 21.9. The van der Waals surface area contributed by atoms with Gasteiger partial charge in [0, 0.05) is 22.9 Å². The van der Waals surface area contributed by atoms with E-state index in [4.69, 9.17) is 27.7 Å². The van der Waals surface area contributed by atoms with Crippen molar-refractivity contribution >= 4 is 52.3 Å². The molecule has 0 atom stereocenters. The van der Waals surface area contributed by atoms with Gasteiger partial charge in [0.05, 0.1) is 5.56 Å². The SMILES string of the molecule is CC(C)(C)c1cc(NC(=O)Nc2ccc(NC(=O)c3cc(Cl)nnc3Cl)cc2)no1. The van der Waals surface area contributed by atoms with Crippen LogP contribution in [0.3, 0.4) is 0 Å². The molecule has 11 heteroatoms. The number of carbonyl (C=O) groups excluding carboxylic acids is 2. The van der Waals surface area contributed by atoms with Gasteiger partial charge in [-0.15, -0.1) is 10.2 Å². The van der Waals surface area contributed by atoms with E-state index in [0.29, 0.717) is 23.0 Å². The van der Waals surface area contributed by atoms with Crippen LogP contribution < -0.4 is 16.0 Å². The number of urea groups is 1. The number of aromatic nitrogens is 3. The minimum Gasteiger partial charge on any atom is -0.359 e. The van der Waals surface area contributed by atoms with E-state index in [1.165, 1.54) is 6.07 Å². The molecule has 1 aromatic carbocycles. The molecular formula is C19H18Cl2N6O3. The maximum atomic E-state index is 12.3. The van der Waals surface area contributed by atoms with Crippen molar-refractivity contribution in [2.45, 2.75) is 26.2 Å². The Morgan fingerprint density at radius 1 is 0.933 bits per heavy atom. The molecule has 3 amide bonds. The highest BCUT2D eigenvalue weighted by Crippen LogP contribution is 2.24. The minimum absolute atomic E-state index is 0.0526. The lowest BCUT2D eigenvalue weighted by molar-refractivity contribution is 0.102. The average molecular weight is 449 g/mol. The number of nitrogens with zero attached hydrogens (tertiary/aromatic N) is 3. The summed E-state index contributed by atoms with van der Waals surface area (Å²) in [4.78, 5) is 24.5. The predicted molar refractivity (Wildman–Crippen MR) is 114 cm³/mol. The van der Waals surface area contributed by atoms with Gasteiger partial charge in [0.15, 0.2) is 16.1 Å². The highest BCUT2D eigenvalue weighted by atomic mass is 35.5. The van der Waals surface area contributed by atoms with E-state index in [9.17, 15) is 9.59 Å². The summed E-state index contributed by atoms with van der Waals surface area (Å²) in [6.45, 7) is 5.93. The van der Waals surface area contributed by atoms with Crippen molar-refractivity contribution in [3.8, 4) is 0 Å². The number of hydrogen-bond donors (Lipinski definition) is 3. The molecule has 0 aliphatic heterocycles. The van der Waals surface area contributed by atoms with Gasteiger partial charge in [-0.1, -0.05) is 49.1 Å². The normalized spacial score (nSPS) is 11.1. The van der Waals surface area contributed by atoms with Crippen LogP contribution >= 0.6 is 23.2 Å².